The first-order valence-electron chi connectivity index (χ1n) is 11.3. The van der Waals surface area contributed by atoms with E-state index in [1.165, 1.54) is 11.1 Å². The normalized spacial score (nSPS) is 26.9. The first-order chi connectivity index (χ1) is 14.5. The maximum absolute atomic E-state index is 11.5. The molecule has 3 aliphatic heterocycles. The molecule has 7 nitrogen and oxygen atoms in total. The molecule has 3 fully saturated rings. The van der Waals surface area contributed by atoms with Gasteiger partial charge in [0.05, 0.1) is 18.8 Å². The van der Waals surface area contributed by atoms with Crippen LogP contribution in [0.15, 0.2) is 24.3 Å². The van der Waals surface area contributed by atoms with Crippen molar-refractivity contribution in [1.82, 2.24) is 19.6 Å². The minimum Gasteiger partial charge on any atom is -0.387 e. The van der Waals surface area contributed by atoms with Gasteiger partial charge >= 0.3 is 0 Å². The van der Waals surface area contributed by atoms with Crippen molar-refractivity contribution in [3.63, 3.8) is 0 Å². The van der Waals surface area contributed by atoms with Gasteiger partial charge in [-0.3, -0.25) is 19.5 Å². The van der Waals surface area contributed by atoms with E-state index >= 15 is 0 Å². The number of carbonyl (C=O) groups is 1. The molecule has 0 radical (unpaired) electrons. The average Bonchev–Trinajstić information content (AvgIpc) is 3.09. The average molecular weight is 417 g/mol. The molecule has 0 bridgehead atoms. The second kappa shape index (κ2) is 9.75. The summed E-state index contributed by atoms with van der Waals surface area (Å²) in [7, 11) is 0. The van der Waals surface area contributed by atoms with Gasteiger partial charge in [-0.25, -0.2) is 0 Å². The van der Waals surface area contributed by atoms with Gasteiger partial charge in [-0.1, -0.05) is 24.3 Å². The molecule has 3 saturated heterocycles. The zero-order valence-electron chi connectivity index (χ0n) is 18.3. The highest BCUT2D eigenvalue weighted by molar-refractivity contribution is 5.73. The van der Waals surface area contributed by atoms with Gasteiger partial charge in [-0.2, -0.15) is 0 Å². The van der Waals surface area contributed by atoms with Gasteiger partial charge in [0.2, 0.25) is 5.91 Å². The lowest BCUT2D eigenvalue weighted by Crippen LogP contribution is -2.53. The maximum atomic E-state index is 11.5. The van der Waals surface area contributed by atoms with Gasteiger partial charge in [-0.05, 0) is 17.5 Å². The topological polar surface area (TPSA) is 59.5 Å². The van der Waals surface area contributed by atoms with Crippen LogP contribution < -0.4 is 0 Å². The van der Waals surface area contributed by atoms with Crippen LogP contribution in [0.25, 0.3) is 0 Å². The first kappa shape index (κ1) is 21.7. The number of aliphatic hydroxyl groups is 1. The Morgan fingerprint density at radius 3 is 2.30 bits per heavy atom. The standard InChI is InChI=1S/C23H36N4O3/c1-20(28)27-9-7-25(8-10-27)18-23(29)5-6-26(19-23)17-22-4-2-3-21(15-22)16-24-11-13-30-14-12-24/h2-4,15,29H,5-14,16-19H2,1H3/t23-/m1/s1. The molecule has 3 aliphatic rings. The van der Waals surface area contributed by atoms with Crippen LogP contribution in [0.3, 0.4) is 0 Å². The predicted molar refractivity (Wildman–Crippen MR) is 116 cm³/mol. The quantitative estimate of drug-likeness (QED) is 0.734. The Morgan fingerprint density at radius 1 is 0.967 bits per heavy atom. The fourth-order valence-electron chi connectivity index (χ4n) is 4.94. The van der Waals surface area contributed by atoms with Gasteiger partial charge in [0.15, 0.2) is 0 Å². The van der Waals surface area contributed by atoms with E-state index in [9.17, 15) is 9.90 Å². The van der Waals surface area contributed by atoms with Crippen molar-refractivity contribution in [2.45, 2.75) is 32.0 Å². The van der Waals surface area contributed by atoms with Crippen LogP contribution in [0.4, 0.5) is 0 Å². The molecular weight excluding hydrogens is 380 g/mol. The van der Waals surface area contributed by atoms with Gasteiger partial charge in [0.25, 0.3) is 0 Å². The number of likely N-dealkylation sites (tertiary alicyclic amines) is 1. The smallest absolute Gasteiger partial charge is 0.219 e. The highest BCUT2D eigenvalue weighted by atomic mass is 16.5. The summed E-state index contributed by atoms with van der Waals surface area (Å²) in [6, 6.07) is 8.87. The van der Waals surface area contributed by atoms with Gasteiger partial charge in [0.1, 0.15) is 0 Å². The lowest BCUT2D eigenvalue weighted by molar-refractivity contribution is -0.130. The minimum atomic E-state index is -0.649. The van der Waals surface area contributed by atoms with E-state index in [1.54, 1.807) is 6.92 Å². The van der Waals surface area contributed by atoms with Crippen LogP contribution >= 0.6 is 0 Å². The molecule has 0 spiro atoms. The van der Waals surface area contributed by atoms with E-state index in [-0.39, 0.29) is 5.91 Å². The number of carbonyl (C=O) groups excluding carboxylic acids is 1. The lowest BCUT2D eigenvalue weighted by atomic mass is 10.0. The molecule has 30 heavy (non-hydrogen) atoms. The molecule has 1 amide bonds. The summed E-state index contributed by atoms with van der Waals surface area (Å²) in [5, 5.41) is 11.2. The van der Waals surface area contributed by atoms with E-state index in [2.05, 4.69) is 39.0 Å². The lowest BCUT2D eigenvalue weighted by Gasteiger charge is -2.38. The van der Waals surface area contributed by atoms with Crippen molar-refractivity contribution in [2.24, 2.45) is 0 Å². The Hall–Kier alpha value is -1.51. The van der Waals surface area contributed by atoms with Crippen LogP contribution in [0, 0.1) is 0 Å². The number of nitrogens with zero attached hydrogens (tertiary/aromatic N) is 4. The summed E-state index contributed by atoms with van der Waals surface area (Å²) in [4.78, 5) is 20.5. The summed E-state index contributed by atoms with van der Waals surface area (Å²) in [5.74, 6) is 0.149. The molecule has 1 aromatic carbocycles. The van der Waals surface area contributed by atoms with Crippen LogP contribution in [0.5, 0.6) is 0 Å². The van der Waals surface area contributed by atoms with Gasteiger partial charge in [0, 0.05) is 78.9 Å². The van der Waals surface area contributed by atoms with Gasteiger partial charge in [-0.15, -0.1) is 0 Å². The number of β-amino-alcohol motifs (C(OH)–C–C–N with tert-alkyl or cyclic N) is 1. The number of morpholine rings is 1. The van der Waals surface area contributed by atoms with Crippen LogP contribution in [0.2, 0.25) is 0 Å². The summed E-state index contributed by atoms with van der Waals surface area (Å²) in [5.41, 5.74) is 2.02. The number of amides is 1. The fraction of sp³-hybridized carbons (Fsp3) is 0.696. The van der Waals surface area contributed by atoms with Crippen molar-refractivity contribution < 1.29 is 14.6 Å². The van der Waals surface area contributed by atoms with E-state index in [1.807, 2.05) is 4.90 Å². The van der Waals surface area contributed by atoms with Crippen LogP contribution in [-0.2, 0) is 22.6 Å². The molecule has 0 aliphatic carbocycles. The fourth-order valence-corrected chi connectivity index (χ4v) is 4.94. The highest BCUT2D eigenvalue weighted by Crippen LogP contribution is 2.25. The number of hydrogen-bond donors (Lipinski definition) is 1. The van der Waals surface area contributed by atoms with Crippen molar-refractivity contribution in [1.29, 1.82) is 0 Å². The minimum absolute atomic E-state index is 0.149. The summed E-state index contributed by atoms with van der Waals surface area (Å²) >= 11 is 0. The van der Waals surface area contributed by atoms with Crippen molar-refractivity contribution in [3.05, 3.63) is 35.4 Å². The summed E-state index contributed by atoms with van der Waals surface area (Å²) in [6.45, 7) is 12.8. The molecule has 3 heterocycles. The third kappa shape index (κ3) is 5.80. The van der Waals surface area contributed by atoms with E-state index in [0.717, 1.165) is 78.5 Å². The Labute approximate surface area is 180 Å². The number of piperazine rings is 1. The molecule has 7 heteroatoms. The summed E-state index contributed by atoms with van der Waals surface area (Å²) in [6.07, 6.45) is 0.813. The molecule has 1 atom stereocenters. The highest BCUT2D eigenvalue weighted by Gasteiger charge is 2.38. The second-order valence-electron chi connectivity index (χ2n) is 9.18. The summed E-state index contributed by atoms with van der Waals surface area (Å²) < 4.78 is 5.45. The monoisotopic (exact) mass is 416 g/mol. The van der Waals surface area contributed by atoms with Crippen molar-refractivity contribution in [3.8, 4) is 0 Å². The Kier molecular flexibility index (Phi) is 7.05. The molecule has 1 N–H and O–H groups in total. The second-order valence-corrected chi connectivity index (χ2v) is 9.18. The number of hydrogen-bond acceptors (Lipinski definition) is 6. The Bertz CT molecular complexity index is 716. The molecule has 4 rings (SSSR count). The third-order valence-electron chi connectivity index (χ3n) is 6.65. The maximum Gasteiger partial charge on any atom is 0.219 e. The van der Waals surface area contributed by atoms with Gasteiger partial charge < -0.3 is 14.7 Å². The van der Waals surface area contributed by atoms with E-state index in [0.29, 0.717) is 13.1 Å². The molecular formula is C23H36N4O3. The largest absolute Gasteiger partial charge is 0.387 e. The SMILES string of the molecule is CC(=O)N1CCN(C[C@]2(O)CCN(Cc3cccc(CN4CCOCC4)c3)C2)CC1. The molecule has 0 unspecified atom stereocenters. The molecule has 166 valence electrons. The predicted octanol–water partition coefficient (Wildman–Crippen LogP) is 0.620. The molecule has 0 saturated carbocycles. The first-order valence-corrected chi connectivity index (χ1v) is 11.3. The Morgan fingerprint density at radius 2 is 1.63 bits per heavy atom. The number of benzene rings is 1. The zero-order chi connectivity index (χ0) is 21.0. The van der Waals surface area contributed by atoms with Crippen LogP contribution in [0.1, 0.15) is 24.5 Å². The number of ether oxygens (including phenoxy) is 1. The molecule has 0 aromatic heterocycles. The third-order valence-corrected chi connectivity index (χ3v) is 6.65. The number of rotatable bonds is 6. The van der Waals surface area contributed by atoms with E-state index in [4.69, 9.17) is 4.74 Å². The van der Waals surface area contributed by atoms with E-state index < -0.39 is 5.60 Å². The molecule has 1 aromatic rings. The zero-order valence-corrected chi connectivity index (χ0v) is 18.3. The Balaban J connectivity index is 1.26. The van der Waals surface area contributed by atoms with Crippen molar-refractivity contribution in [2.75, 3.05) is 72.1 Å². The van der Waals surface area contributed by atoms with Crippen molar-refractivity contribution >= 4 is 5.91 Å². The van der Waals surface area contributed by atoms with Crippen LogP contribution in [-0.4, -0.2) is 108 Å².